The van der Waals surface area contributed by atoms with E-state index < -0.39 is 0 Å². The van der Waals surface area contributed by atoms with Gasteiger partial charge in [-0.2, -0.15) is 0 Å². The Morgan fingerprint density at radius 1 is 1.12 bits per heavy atom. The highest BCUT2D eigenvalue weighted by Gasteiger charge is 2.18. The van der Waals surface area contributed by atoms with Crippen LogP contribution in [0.25, 0.3) is 0 Å². The summed E-state index contributed by atoms with van der Waals surface area (Å²) in [5.41, 5.74) is 0.617. The Balaban J connectivity index is 2.74. The molecule has 1 aromatic carbocycles. The number of hydrogen-bond acceptors (Lipinski definition) is 5. The number of methoxy groups -OCH3 is 2. The maximum Gasteiger partial charge on any atom is 0.223 e. The van der Waals surface area contributed by atoms with Crippen molar-refractivity contribution in [2.24, 2.45) is 0 Å². The molecule has 0 saturated heterocycles. The Morgan fingerprint density at radius 2 is 1.83 bits per heavy atom. The summed E-state index contributed by atoms with van der Waals surface area (Å²) < 4.78 is 10.5. The number of ether oxygens (including phenoxy) is 2. The summed E-state index contributed by atoms with van der Waals surface area (Å²) in [6.45, 7) is 3.10. The SMILES string of the molecule is COc1ccc(N(CCC(=O)NCCN(C)C)C(C)=O)c(OC)c1. The van der Waals surface area contributed by atoms with E-state index in [-0.39, 0.29) is 24.8 Å². The lowest BCUT2D eigenvalue weighted by molar-refractivity contribution is -0.121. The largest absolute Gasteiger partial charge is 0.497 e. The van der Waals surface area contributed by atoms with E-state index in [0.29, 0.717) is 23.7 Å². The minimum atomic E-state index is -0.153. The zero-order chi connectivity index (χ0) is 18.1. The third kappa shape index (κ3) is 6.08. The number of anilines is 1. The van der Waals surface area contributed by atoms with Crippen molar-refractivity contribution < 1.29 is 19.1 Å². The van der Waals surface area contributed by atoms with Crippen LogP contribution in [0.5, 0.6) is 11.5 Å². The molecule has 7 heteroatoms. The van der Waals surface area contributed by atoms with E-state index >= 15 is 0 Å². The van der Waals surface area contributed by atoms with Gasteiger partial charge in [0.15, 0.2) is 0 Å². The highest BCUT2D eigenvalue weighted by Crippen LogP contribution is 2.32. The topological polar surface area (TPSA) is 71.1 Å². The first-order chi connectivity index (χ1) is 11.4. The molecule has 1 aromatic rings. The van der Waals surface area contributed by atoms with Crippen LogP contribution in [0.15, 0.2) is 18.2 Å². The average molecular weight is 337 g/mol. The molecular weight excluding hydrogens is 310 g/mol. The van der Waals surface area contributed by atoms with Crippen molar-refractivity contribution in [3.63, 3.8) is 0 Å². The molecule has 0 aromatic heterocycles. The van der Waals surface area contributed by atoms with Gasteiger partial charge in [-0.05, 0) is 26.2 Å². The molecule has 0 heterocycles. The Kier molecular flexibility index (Phi) is 8.05. The van der Waals surface area contributed by atoms with Gasteiger partial charge in [0, 0.05) is 39.0 Å². The Hall–Kier alpha value is -2.28. The minimum Gasteiger partial charge on any atom is -0.497 e. The van der Waals surface area contributed by atoms with Crippen LogP contribution < -0.4 is 19.7 Å². The van der Waals surface area contributed by atoms with Gasteiger partial charge in [-0.25, -0.2) is 0 Å². The van der Waals surface area contributed by atoms with Crippen LogP contribution in [0, 0.1) is 0 Å². The van der Waals surface area contributed by atoms with Gasteiger partial charge in [0.05, 0.1) is 19.9 Å². The van der Waals surface area contributed by atoms with Crippen LogP contribution in [-0.2, 0) is 9.59 Å². The number of carbonyl (C=O) groups excluding carboxylic acids is 2. The van der Waals surface area contributed by atoms with E-state index in [1.165, 1.54) is 18.9 Å². The third-order valence-corrected chi connectivity index (χ3v) is 3.50. The minimum absolute atomic E-state index is 0.0874. The van der Waals surface area contributed by atoms with E-state index in [0.717, 1.165) is 6.54 Å². The molecule has 0 aliphatic carbocycles. The normalized spacial score (nSPS) is 10.4. The fourth-order valence-corrected chi connectivity index (χ4v) is 2.18. The number of benzene rings is 1. The first kappa shape index (κ1) is 19.8. The Bertz CT molecular complexity index is 561. The van der Waals surface area contributed by atoms with Crippen LogP contribution in [-0.4, -0.2) is 64.7 Å². The van der Waals surface area contributed by atoms with E-state index in [1.54, 1.807) is 25.3 Å². The Labute approximate surface area is 143 Å². The van der Waals surface area contributed by atoms with Crippen LogP contribution in [0.4, 0.5) is 5.69 Å². The second-order valence-electron chi connectivity index (χ2n) is 5.61. The van der Waals surface area contributed by atoms with Gasteiger partial charge >= 0.3 is 0 Å². The maximum absolute atomic E-state index is 12.0. The average Bonchev–Trinajstić information content (AvgIpc) is 2.54. The third-order valence-electron chi connectivity index (χ3n) is 3.50. The van der Waals surface area contributed by atoms with Gasteiger partial charge < -0.3 is 24.6 Å². The molecule has 0 atom stereocenters. The number of likely N-dealkylation sites (N-methyl/N-ethyl adjacent to an activating group) is 1. The molecule has 0 saturated carbocycles. The first-order valence-electron chi connectivity index (χ1n) is 7.80. The quantitative estimate of drug-likeness (QED) is 0.731. The van der Waals surface area contributed by atoms with Crippen LogP contribution in [0.3, 0.4) is 0 Å². The van der Waals surface area contributed by atoms with E-state index in [2.05, 4.69) is 5.32 Å². The van der Waals surface area contributed by atoms with Gasteiger partial charge in [-0.1, -0.05) is 0 Å². The molecular formula is C17H27N3O4. The number of carbonyl (C=O) groups is 2. The second-order valence-corrected chi connectivity index (χ2v) is 5.61. The standard InChI is InChI=1S/C17H27N3O4/c1-13(21)20(10-8-17(22)18-9-11-19(2)3)15-7-6-14(23-4)12-16(15)24-5/h6-7,12H,8-11H2,1-5H3,(H,18,22). The Morgan fingerprint density at radius 3 is 2.38 bits per heavy atom. The lowest BCUT2D eigenvalue weighted by Gasteiger charge is -2.23. The molecule has 0 aliphatic rings. The molecule has 0 radical (unpaired) electrons. The number of rotatable bonds is 9. The molecule has 0 aliphatic heterocycles. The van der Waals surface area contributed by atoms with Crippen LogP contribution in [0.1, 0.15) is 13.3 Å². The van der Waals surface area contributed by atoms with Crippen molar-refractivity contribution in [3.8, 4) is 11.5 Å². The van der Waals surface area contributed by atoms with Crippen LogP contribution >= 0.6 is 0 Å². The zero-order valence-electron chi connectivity index (χ0n) is 15.1. The summed E-state index contributed by atoms with van der Waals surface area (Å²) in [5, 5.41) is 2.84. The molecule has 24 heavy (non-hydrogen) atoms. The predicted octanol–water partition coefficient (Wildman–Crippen LogP) is 1.12. The highest BCUT2D eigenvalue weighted by molar-refractivity contribution is 5.94. The molecule has 7 nitrogen and oxygen atoms in total. The molecule has 0 bridgehead atoms. The highest BCUT2D eigenvalue weighted by atomic mass is 16.5. The van der Waals surface area contributed by atoms with Crippen molar-refractivity contribution in [1.82, 2.24) is 10.2 Å². The monoisotopic (exact) mass is 337 g/mol. The number of amides is 2. The van der Waals surface area contributed by atoms with Gasteiger partial charge in [0.2, 0.25) is 11.8 Å². The molecule has 0 unspecified atom stereocenters. The van der Waals surface area contributed by atoms with Crippen molar-refractivity contribution in [1.29, 1.82) is 0 Å². The molecule has 0 fully saturated rings. The van der Waals surface area contributed by atoms with Crippen molar-refractivity contribution in [2.45, 2.75) is 13.3 Å². The summed E-state index contributed by atoms with van der Waals surface area (Å²) in [4.78, 5) is 27.4. The van der Waals surface area contributed by atoms with Crippen LogP contribution in [0.2, 0.25) is 0 Å². The molecule has 2 amide bonds. The van der Waals surface area contributed by atoms with Gasteiger partial charge in [-0.3, -0.25) is 9.59 Å². The number of nitrogens with one attached hydrogen (secondary N) is 1. The van der Waals surface area contributed by atoms with E-state index in [1.807, 2.05) is 19.0 Å². The molecule has 1 N–H and O–H groups in total. The van der Waals surface area contributed by atoms with Crippen molar-refractivity contribution in [2.75, 3.05) is 52.8 Å². The van der Waals surface area contributed by atoms with Crippen molar-refractivity contribution >= 4 is 17.5 Å². The first-order valence-corrected chi connectivity index (χ1v) is 7.80. The number of hydrogen-bond donors (Lipinski definition) is 1. The fraction of sp³-hybridized carbons (Fsp3) is 0.529. The molecule has 1 rings (SSSR count). The number of nitrogens with zero attached hydrogens (tertiary/aromatic N) is 2. The summed E-state index contributed by atoms with van der Waals surface area (Å²) in [7, 11) is 6.99. The summed E-state index contributed by atoms with van der Waals surface area (Å²) >= 11 is 0. The lowest BCUT2D eigenvalue weighted by Crippen LogP contribution is -2.36. The predicted molar refractivity (Wildman–Crippen MR) is 93.8 cm³/mol. The zero-order valence-corrected chi connectivity index (χ0v) is 15.1. The molecule has 134 valence electrons. The summed E-state index contributed by atoms with van der Waals surface area (Å²) in [6.07, 6.45) is 0.224. The van der Waals surface area contributed by atoms with E-state index in [9.17, 15) is 9.59 Å². The fourth-order valence-electron chi connectivity index (χ4n) is 2.18. The smallest absolute Gasteiger partial charge is 0.223 e. The van der Waals surface area contributed by atoms with Gasteiger partial charge in [0.1, 0.15) is 11.5 Å². The summed E-state index contributed by atoms with van der Waals surface area (Å²) in [6, 6.07) is 5.22. The second kappa shape index (κ2) is 9.77. The van der Waals surface area contributed by atoms with Gasteiger partial charge in [0.25, 0.3) is 0 Å². The van der Waals surface area contributed by atoms with Crippen molar-refractivity contribution in [3.05, 3.63) is 18.2 Å². The van der Waals surface area contributed by atoms with Gasteiger partial charge in [-0.15, -0.1) is 0 Å². The molecule has 0 spiro atoms. The lowest BCUT2D eigenvalue weighted by atomic mass is 10.2. The maximum atomic E-state index is 12.0. The van der Waals surface area contributed by atoms with E-state index in [4.69, 9.17) is 9.47 Å². The summed E-state index contributed by atoms with van der Waals surface area (Å²) in [5.74, 6) is 0.924.